The fourth-order valence-electron chi connectivity index (χ4n) is 3.12. The second-order valence-corrected chi connectivity index (χ2v) is 6.48. The molecule has 3 N–H and O–H groups in total. The van der Waals surface area contributed by atoms with Crippen LogP contribution >= 0.6 is 12.2 Å². The molecule has 0 amide bonds. The molecule has 2 nitrogen and oxygen atoms in total. The summed E-state index contributed by atoms with van der Waals surface area (Å²) in [6.45, 7) is 6.77. The minimum absolute atomic E-state index is 0.476. The Balaban J connectivity index is 2.07. The molecule has 19 heavy (non-hydrogen) atoms. The van der Waals surface area contributed by atoms with Crippen LogP contribution in [0, 0.1) is 18.8 Å². The van der Waals surface area contributed by atoms with Crippen molar-refractivity contribution in [2.24, 2.45) is 17.6 Å². The molecule has 0 aliphatic heterocycles. The van der Waals surface area contributed by atoms with Gasteiger partial charge in [0.05, 0.1) is 0 Å². The maximum absolute atomic E-state index is 5.70. The highest BCUT2D eigenvalue weighted by Crippen LogP contribution is 2.31. The molecule has 1 aliphatic rings. The van der Waals surface area contributed by atoms with Gasteiger partial charge in [-0.25, -0.2) is 0 Å². The molecule has 1 fully saturated rings. The average Bonchev–Trinajstić information content (AvgIpc) is 2.32. The first-order valence-corrected chi connectivity index (χ1v) is 7.55. The topological polar surface area (TPSA) is 38.0 Å². The van der Waals surface area contributed by atoms with Gasteiger partial charge in [-0.1, -0.05) is 26.1 Å². The Hall–Kier alpha value is -1.09. The number of aryl methyl sites for hydroxylation is 1. The Morgan fingerprint density at radius 2 is 2.05 bits per heavy atom. The number of hydrogen-bond donors (Lipinski definition) is 2. The molecule has 1 aromatic carbocycles. The molecule has 3 heteroatoms. The highest BCUT2D eigenvalue weighted by molar-refractivity contribution is 7.80. The van der Waals surface area contributed by atoms with Crippen LogP contribution in [0.3, 0.4) is 0 Å². The molecular formula is C16H24N2S. The highest BCUT2D eigenvalue weighted by Gasteiger charge is 2.25. The number of hydrogen-bond acceptors (Lipinski definition) is 2. The van der Waals surface area contributed by atoms with Gasteiger partial charge in [0, 0.05) is 17.3 Å². The lowest BCUT2D eigenvalue weighted by atomic mass is 9.80. The van der Waals surface area contributed by atoms with Gasteiger partial charge in [-0.2, -0.15) is 0 Å². The SMILES string of the molecule is Cc1cc(NC2CCC(C)CC2C)ccc1C(N)=S. The van der Waals surface area contributed by atoms with Gasteiger partial charge < -0.3 is 11.1 Å². The first-order chi connectivity index (χ1) is 8.97. The van der Waals surface area contributed by atoms with Crippen LogP contribution in [-0.4, -0.2) is 11.0 Å². The number of nitrogens with two attached hydrogens (primary N) is 1. The van der Waals surface area contributed by atoms with Crippen LogP contribution in [0.2, 0.25) is 0 Å². The maximum atomic E-state index is 5.70. The van der Waals surface area contributed by atoms with E-state index in [1.54, 1.807) is 0 Å². The monoisotopic (exact) mass is 276 g/mol. The number of benzene rings is 1. The summed E-state index contributed by atoms with van der Waals surface area (Å²) in [6, 6.07) is 6.85. The third-order valence-corrected chi connectivity index (χ3v) is 4.50. The summed E-state index contributed by atoms with van der Waals surface area (Å²) in [6.07, 6.45) is 3.91. The second kappa shape index (κ2) is 5.91. The molecule has 2 rings (SSSR count). The van der Waals surface area contributed by atoms with Crippen LogP contribution in [-0.2, 0) is 0 Å². The summed E-state index contributed by atoms with van der Waals surface area (Å²) in [5.41, 5.74) is 9.01. The predicted octanol–water partition coefficient (Wildman–Crippen LogP) is 3.87. The Kier molecular flexibility index (Phi) is 4.46. The lowest BCUT2D eigenvalue weighted by Gasteiger charge is -2.34. The van der Waals surface area contributed by atoms with Gasteiger partial charge >= 0.3 is 0 Å². The summed E-state index contributed by atoms with van der Waals surface area (Å²) in [5, 5.41) is 3.67. The quantitative estimate of drug-likeness (QED) is 0.823. The van der Waals surface area contributed by atoms with E-state index in [-0.39, 0.29) is 0 Å². The molecular weight excluding hydrogens is 252 g/mol. The van der Waals surface area contributed by atoms with Crippen molar-refractivity contribution in [1.82, 2.24) is 0 Å². The van der Waals surface area contributed by atoms with Crippen molar-refractivity contribution < 1.29 is 0 Å². The molecule has 0 aromatic heterocycles. The van der Waals surface area contributed by atoms with Gasteiger partial charge in [0.15, 0.2) is 0 Å². The van der Waals surface area contributed by atoms with Crippen molar-refractivity contribution in [2.75, 3.05) is 5.32 Å². The molecule has 1 aromatic rings. The van der Waals surface area contributed by atoms with Crippen LogP contribution in [0.25, 0.3) is 0 Å². The smallest absolute Gasteiger partial charge is 0.104 e. The molecule has 0 bridgehead atoms. The third kappa shape index (κ3) is 3.47. The number of nitrogens with one attached hydrogen (secondary N) is 1. The number of thiocarbonyl (C=S) groups is 1. The van der Waals surface area contributed by atoms with Crippen molar-refractivity contribution in [1.29, 1.82) is 0 Å². The summed E-state index contributed by atoms with van der Waals surface area (Å²) >= 11 is 5.04. The Bertz CT molecular complexity index is 470. The zero-order valence-corrected chi connectivity index (χ0v) is 12.9. The van der Waals surface area contributed by atoms with Crippen LogP contribution < -0.4 is 11.1 Å². The van der Waals surface area contributed by atoms with E-state index < -0.39 is 0 Å². The second-order valence-electron chi connectivity index (χ2n) is 6.04. The Morgan fingerprint density at radius 3 is 2.63 bits per heavy atom. The zero-order chi connectivity index (χ0) is 14.0. The summed E-state index contributed by atoms with van der Waals surface area (Å²) in [4.78, 5) is 0.476. The maximum Gasteiger partial charge on any atom is 0.104 e. The number of anilines is 1. The lowest BCUT2D eigenvalue weighted by Crippen LogP contribution is -2.33. The van der Waals surface area contributed by atoms with Gasteiger partial charge in [0.1, 0.15) is 4.99 Å². The van der Waals surface area contributed by atoms with E-state index in [0.717, 1.165) is 23.0 Å². The molecule has 3 unspecified atom stereocenters. The molecule has 104 valence electrons. The van der Waals surface area contributed by atoms with Crippen molar-refractivity contribution in [3.63, 3.8) is 0 Å². The standard InChI is InChI=1S/C16H24N2S/c1-10-4-7-15(12(3)8-10)18-13-5-6-14(16(17)19)11(2)9-13/h5-6,9-10,12,15,18H,4,7-8H2,1-3H3,(H2,17,19). The van der Waals surface area contributed by atoms with Gasteiger partial charge in [0.25, 0.3) is 0 Å². The molecule has 0 spiro atoms. The fraction of sp³-hybridized carbons (Fsp3) is 0.562. The third-order valence-electron chi connectivity index (χ3n) is 4.28. The van der Waals surface area contributed by atoms with E-state index in [0.29, 0.717) is 11.0 Å². The average molecular weight is 276 g/mol. The van der Waals surface area contributed by atoms with Crippen LogP contribution in [0.5, 0.6) is 0 Å². The summed E-state index contributed by atoms with van der Waals surface area (Å²) in [5.74, 6) is 1.60. The van der Waals surface area contributed by atoms with Crippen LogP contribution in [0.15, 0.2) is 18.2 Å². The van der Waals surface area contributed by atoms with E-state index in [9.17, 15) is 0 Å². The molecule has 0 saturated heterocycles. The number of rotatable bonds is 3. The molecule has 1 saturated carbocycles. The fourth-order valence-corrected chi connectivity index (χ4v) is 3.35. The Labute approximate surface area is 121 Å². The first kappa shape index (κ1) is 14.3. The van der Waals surface area contributed by atoms with Gasteiger partial charge in [-0.15, -0.1) is 0 Å². The minimum atomic E-state index is 0.476. The van der Waals surface area contributed by atoms with Crippen molar-refractivity contribution in [3.8, 4) is 0 Å². The van der Waals surface area contributed by atoms with Crippen LogP contribution in [0.4, 0.5) is 5.69 Å². The van der Waals surface area contributed by atoms with E-state index >= 15 is 0 Å². The van der Waals surface area contributed by atoms with Gasteiger partial charge in [-0.3, -0.25) is 0 Å². The summed E-state index contributed by atoms with van der Waals surface area (Å²) in [7, 11) is 0. The van der Waals surface area contributed by atoms with E-state index in [1.807, 2.05) is 6.07 Å². The van der Waals surface area contributed by atoms with Crippen molar-refractivity contribution >= 4 is 22.9 Å². The highest BCUT2D eigenvalue weighted by atomic mass is 32.1. The molecule has 1 aliphatic carbocycles. The van der Waals surface area contributed by atoms with Gasteiger partial charge in [-0.05, 0) is 61.8 Å². The van der Waals surface area contributed by atoms with E-state index in [4.69, 9.17) is 18.0 Å². The molecule has 0 heterocycles. The van der Waals surface area contributed by atoms with E-state index in [2.05, 4.69) is 38.2 Å². The molecule has 3 atom stereocenters. The van der Waals surface area contributed by atoms with E-state index in [1.165, 1.54) is 24.9 Å². The predicted molar refractivity (Wildman–Crippen MR) is 86.7 cm³/mol. The van der Waals surface area contributed by atoms with Crippen molar-refractivity contribution in [3.05, 3.63) is 29.3 Å². The normalized spacial score (nSPS) is 27.0. The molecule has 0 radical (unpaired) electrons. The first-order valence-electron chi connectivity index (χ1n) is 7.14. The Morgan fingerprint density at radius 1 is 1.32 bits per heavy atom. The summed E-state index contributed by atoms with van der Waals surface area (Å²) < 4.78 is 0. The minimum Gasteiger partial charge on any atom is -0.389 e. The lowest BCUT2D eigenvalue weighted by molar-refractivity contribution is 0.276. The van der Waals surface area contributed by atoms with Crippen molar-refractivity contribution in [2.45, 2.75) is 46.1 Å². The van der Waals surface area contributed by atoms with Crippen LogP contribution in [0.1, 0.15) is 44.2 Å². The largest absolute Gasteiger partial charge is 0.389 e. The zero-order valence-electron chi connectivity index (χ0n) is 12.1. The van der Waals surface area contributed by atoms with Gasteiger partial charge in [0.2, 0.25) is 0 Å².